The maximum Gasteiger partial charge on any atom is 0.0645 e. The molecule has 0 aromatic carbocycles. The van der Waals surface area contributed by atoms with Gasteiger partial charge >= 0.3 is 0 Å². The third kappa shape index (κ3) is 4.37. The van der Waals surface area contributed by atoms with Crippen LogP contribution in [0.5, 0.6) is 0 Å². The third-order valence-electron chi connectivity index (χ3n) is 5.74. The van der Waals surface area contributed by atoms with Crippen molar-refractivity contribution in [1.82, 2.24) is 5.32 Å². The predicted octanol–water partition coefficient (Wildman–Crippen LogP) is 1.79. The Morgan fingerprint density at radius 3 is 2.88 bits per heavy atom. The second kappa shape index (κ2) is 9.27. The first-order valence-corrected chi connectivity index (χ1v) is 10.1. The van der Waals surface area contributed by atoms with Crippen LogP contribution in [0.2, 0.25) is 0 Å². The summed E-state index contributed by atoms with van der Waals surface area (Å²) < 4.78 is 0.184. The van der Waals surface area contributed by atoms with Gasteiger partial charge in [-0.25, -0.2) is 0 Å². The van der Waals surface area contributed by atoms with Crippen LogP contribution < -0.4 is 16.8 Å². The molecule has 0 spiro atoms. The lowest BCUT2D eigenvalue weighted by atomic mass is 9.62. The van der Waals surface area contributed by atoms with E-state index in [-0.39, 0.29) is 16.0 Å². The van der Waals surface area contributed by atoms with Crippen molar-refractivity contribution in [3.05, 3.63) is 0 Å². The zero-order valence-electron chi connectivity index (χ0n) is 14.3. The Kier molecular flexibility index (Phi) is 7.66. The lowest BCUT2D eigenvalue weighted by molar-refractivity contribution is 0.0954. The summed E-state index contributed by atoms with van der Waals surface area (Å²) in [5.41, 5.74) is 13.0. The molecule has 0 bridgehead atoms. The molecular weight excluding hydrogens is 413 g/mol. The van der Waals surface area contributed by atoms with Crippen molar-refractivity contribution < 1.29 is 0 Å². The van der Waals surface area contributed by atoms with Crippen LogP contribution in [0.25, 0.3) is 0 Å². The number of aliphatic imine (C=N–C) groups is 1. The van der Waals surface area contributed by atoms with E-state index in [1.165, 1.54) is 0 Å². The molecule has 0 radical (unpaired) electrons. The summed E-state index contributed by atoms with van der Waals surface area (Å²) in [6.45, 7) is 4.97. The summed E-state index contributed by atoms with van der Waals surface area (Å²) in [7, 11) is 0. The monoisotopic (exact) mass is 443 g/mol. The maximum absolute atomic E-state index is 8.53. The van der Waals surface area contributed by atoms with Crippen LogP contribution in [-0.4, -0.2) is 41.7 Å². The summed E-state index contributed by atoms with van der Waals surface area (Å²) in [6, 6.07) is 0.393. The molecular formula is C18H30IN5. The minimum atomic E-state index is -0.347. The Labute approximate surface area is 159 Å². The summed E-state index contributed by atoms with van der Waals surface area (Å²) in [5, 5.41) is 12.1. The molecule has 2 fully saturated rings. The van der Waals surface area contributed by atoms with Gasteiger partial charge < -0.3 is 27.2 Å². The first-order chi connectivity index (χ1) is 11.5. The number of nitrogens with two attached hydrogens (primary N) is 2. The minimum Gasteiger partial charge on any atom is -0.315 e. The van der Waals surface area contributed by atoms with Crippen LogP contribution in [0, 0.1) is 41.4 Å². The first-order valence-electron chi connectivity index (χ1n) is 8.83. The fourth-order valence-corrected chi connectivity index (χ4v) is 5.80. The fraction of sp³-hybridized carbons (Fsp3) is 0.778. The van der Waals surface area contributed by atoms with E-state index >= 15 is 0 Å². The van der Waals surface area contributed by atoms with Gasteiger partial charge in [-0.15, -0.1) is 6.42 Å². The smallest absolute Gasteiger partial charge is 0.0645 e. The first kappa shape index (κ1) is 19.8. The Balaban J connectivity index is 2.24. The van der Waals surface area contributed by atoms with Gasteiger partial charge in [0.1, 0.15) is 0 Å². The van der Waals surface area contributed by atoms with E-state index in [4.69, 9.17) is 23.3 Å². The summed E-state index contributed by atoms with van der Waals surface area (Å²) in [6.07, 6.45) is 10.3. The van der Waals surface area contributed by atoms with Gasteiger partial charge in [0.25, 0.3) is 0 Å². The molecule has 0 aromatic rings. The molecule has 2 aliphatic rings. The van der Waals surface area contributed by atoms with Crippen LogP contribution in [0.3, 0.4) is 0 Å². The molecule has 24 heavy (non-hydrogen) atoms. The number of hydrogen-bond acceptors (Lipinski definition) is 5. The van der Waals surface area contributed by atoms with Gasteiger partial charge in [-0.3, -0.25) is 0 Å². The van der Waals surface area contributed by atoms with Crippen molar-refractivity contribution in [1.29, 1.82) is 5.41 Å². The number of halogens is 1. The highest BCUT2D eigenvalue weighted by Gasteiger charge is 2.51. The normalized spacial score (nSPS) is 34.0. The van der Waals surface area contributed by atoms with Gasteiger partial charge in [-0.2, -0.15) is 0 Å². The summed E-state index contributed by atoms with van der Waals surface area (Å²) in [4.78, 5) is 3.99. The van der Waals surface area contributed by atoms with Crippen LogP contribution in [-0.2, 0) is 0 Å². The van der Waals surface area contributed by atoms with Crippen molar-refractivity contribution >= 4 is 35.0 Å². The Morgan fingerprint density at radius 2 is 2.25 bits per heavy atom. The molecule has 134 valence electrons. The van der Waals surface area contributed by atoms with Gasteiger partial charge in [0, 0.05) is 28.1 Å². The number of nitrogens with zero attached hydrogens (tertiary/aromatic N) is 1. The average Bonchev–Trinajstić information content (AvgIpc) is 2.94. The van der Waals surface area contributed by atoms with Gasteiger partial charge in [0.2, 0.25) is 0 Å². The number of hydrogen-bond donors (Lipinski definition) is 4. The van der Waals surface area contributed by atoms with Gasteiger partial charge in [-0.05, 0) is 56.6 Å². The topological polar surface area (TPSA) is 100 Å². The van der Waals surface area contributed by atoms with E-state index in [0.717, 1.165) is 44.4 Å². The number of rotatable bonds is 8. The fourth-order valence-electron chi connectivity index (χ4n) is 4.76. The quantitative estimate of drug-likeness (QED) is 0.115. The van der Waals surface area contributed by atoms with E-state index in [0.29, 0.717) is 30.3 Å². The molecule has 2 saturated carbocycles. The van der Waals surface area contributed by atoms with E-state index < -0.39 is 0 Å². The molecule has 2 rings (SSSR count). The number of alkyl halides is 1. The van der Waals surface area contributed by atoms with Crippen LogP contribution in [0.1, 0.15) is 32.1 Å². The van der Waals surface area contributed by atoms with Crippen LogP contribution in [0.4, 0.5) is 0 Å². The molecule has 0 saturated heterocycles. The molecule has 0 aromatic heterocycles. The number of terminal acetylenes is 1. The standard InChI is InChI=1S/C18H30IN5/c1-3-8-24-14-10-11(5-4-9-23-2)15(17(19)18(21)22)16-12(14)6-7-13(16)20/h1,11-12,14-18,20,24H,2,4-10,21-22H2/t11?,12-,14-,15-,16?,17?/m1/s1. The Hall–Kier alpha value is -0.490. The molecule has 0 aliphatic heterocycles. The minimum absolute atomic E-state index is 0.184. The van der Waals surface area contributed by atoms with Crippen molar-refractivity contribution in [2.75, 3.05) is 13.1 Å². The Bertz CT molecular complexity index is 486. The van der Waals surface area contributed by atoms with Crippen molar-refractivity contribution in [3.63, 3.8) is 0 Å². The van der Waals surface area contributed by atoms with E-state index in [1.807, 2.05) is 0 Å². The van der Waals surface area contributed by atoms with Crippen molar-refractivity contribution in [2.24, 2.45) is 40.1 Å². The molecule has 6 N–H and O–H groups in total. The highest BCUT2D eigenvalue weighted by molar-refractivity contribution is 14.1. The maximum atomic E-state index is 8.53. The van der Waals surface area contributed by atoms with Crippen LogP contribution >= 0.6 is 22.6 Å². The zero-order valence-corrected chi connectivity index (χ0v) is 16.4. The highest BCUT2D eigenvalue weighted by atomic mass is 127. The molecule has 2 aliphatic carbocycles. The van der Waals surface area contributed by atoms with Crippen LogP contribution in [0.15, 0.2) is 4.99 Å². The second-order valence-corrected chi connectivity index (χ2v) is 8.57. The lowest BCUT2D eigenvalue weighted by Crippen LogP contribution is -2.55. The summed E-state index contributed by atoms with van der Waals surface area (Å²) in [5.74, 6) is 4.34. The molecule has 6 atom stereocenters. The van der Waals surface area contributed by atoms with Gasteiger partial charge in [-0.1, -0.05) is 28.5 Å². The van der Waals surface area contributed by atoms with Gasteiger partial charge in [0.05, 0.1) is 12.7 Å². The van der Waals surface area contributed by atoms with E-state index in [2.05, 4.69) is 45.5 Å². The highest BCUT2D eigenvalue weighted by Crippen LogP contribution is 2.50. The molecule has 3 unspecified atom stereocenters. The second-order valence-electron chi connectivity index (χ2n) is 7.13. The van der Waals surface area contributed by atoms with E-state index in [1.54, 1.807) is 0 Å². The average molecular weight is 443 g/mol. The SMILES string of the molecule is C#CCN[C@@H]1CC(CCCN=C)[C@@H](C(I)C(N)N)C2C(=N)CC[C@@H]21. The molecule has 0 amide bonds. The van der Waals surface area contributed by atoms with E-state index in [9.17, 15) is 0 Å². The Morgan fingerprint density at radius 1 is 1.50 bits per heavy atom. The zero-order chi connectivity index (χ0) is 17.7. The predicted molar refractivity (Wildman–Crippen MR) is 110 cm³/mol. The molecule has 5 nitrogen and oxygen atoms in total. The summed E-state index contributed by atoms with van der Waals surface area (Å²) >= 11 is 2.41. The number of fused-ring (bicyclic) bond motifs is 1. The largest absolute Gasteiger partial charge is 0.315 e. The number of nitrogens with one attached hydrogen (secondary N) is 2. The van der Waals surface area contributed by atoms with Gasteiger partial charge in [0.15, 0.2) is 0 Å². The van der Waals surface area contributed by atoms with Crippen molar-refractivity contribution in [2.45, 2.75) is 48.2 Å². The molecule has 6 heteroatoms. The van der Waals surface area contributed by atoms with Crippen molar-refractivity contribution in [3.8, 4) is 12.3 Å². The lowest BCUT2D eigenvalue weighted by Gasteiger charge is -2.47. The molecule has 0 heterocycles. The third-order valence-corrected chi connectivity index (χ3v) is 7.40.